The number of benzene rings is 3. The van der Waals surface area contributed by atoms with E-state index in [1.807, 2.05) is 0 Å². The number of aryl methyl sites for hydroxylation is 2. The minimum absolute atomic E-state index is 1.06. The van der Waals surface area contributed by atoms with Gasteiger partial charge in [0.05, 0.1) is 11.4 Å². The van der Waals surface area contributed by atoms with Crippen LogP contribution in [0.3, 0.4) is 0 Å². The maximum atomic E-state index is 3.59. The quantitative estimate of drug-likeness (QED) is 0.513. The van der Waals surface area contributed by atoms with E-state index in [0.717, 1.165) is 27.2 Å². The summed E-state index contributed by atoms with van der Waals surface area (Å²) < 4.78 is 1.06. The van der Waals surface area contributed by atoms with Crippen LogP contribution in [-0.4, -0.2) is 0 Å². The van der Waals surface area contributed by atoms with Crippen LogP contribution in [0, 0.1) is 20.5 Å². The van der Waals surface area contributed by atoms with Gasteiger partial charge in [-0.3, -0.25) is 0 Å². The number of rotatable bonds is 2. The van der Waals surface area contributed by atoms with Crippen molar-refractivity contribution in [3.05, 3.63) is 89.0 Å². The topological polar surface area (TPSA) is 6.48 Å². The van der Waals surface area contributed by atoms with E-state index >= 15 is 0 Å². The number of nitrogens with zero attached hydrogens (tertiary/aromatic N) is 2. The largest absolute Gasteiger partial charge is 0.308 e. The summed E-state index contributed by atoms with van der Waals surface area (Å²) in [5, 5.41) is 0. The van der Waals surface area contributed by atoms with Crippen LogP contribution in [0.4, 0.5) is 22.7 Å². The lowest BCUT2D eigenvalue weighted by Gasteiger charge is -2.20. The average Bonchev–Trinajstić information content (AvgIpc) is 2.95. The molecule has 3 heteroatoms. The van der Waals surface area contributed by atoms with E-state index in [9.17, 15) is 0 Å². The second-order valence-corrected chi connectivity index (χ2v) is 6.99. The zero-order chi connectivity index (χ0) is 16.7. The number of anilines is 4. The molecule has 0 aliphatic carbocycles. The Labute approximate surface area is 151 Å². The number of fused-ring (bicyclic) bond motifs is 1. The van der Waals surface area contributed by atoms with Crippen LogP contribution in [0.1, 0.15) is 11.1 Å². The molecule has 2 nitrogen and oxygen atoms in total. The summed E-state index contributed by atoms with van der Waals surface area (Å²) >= 11 is 3.59. The van der Waals surface area contributed by atoms with Gasteiger partial charge in [-0.05, 0) is 56.3 Å². The highest BCUT2D eigenvalue weighted by molar-refractivity contribution is 9.10. The Bertz CT molecular complexity index is 869. The number of hydrogen-bond donors (Lipinski definition) is 0. The molecule has 2 radical (unpaired) electrons. The lowest BCUT2D eigenvalue weighted by Crippen LogP contribution is -2.17. The molecule has 4 rings (SSSR count). The molecule has 0 amide bonds. The normalized spacial score (nSPS) is 13.3. The van der Waals surface area contributed by atoms with E-state index in [0.29, 0.717) is 0 Å². The molecular formula is C21H17BrN2. The Morgan fingerprint density at radius 2 is 1.17 bits per heavy atom. The van der Waals surface area contributed by atoms with Gasteiger partial charge in [0.2, 0.25) is 6.67 Å². The van der Waals surface area contributed by atoms with Gasteiger partial charge in [-0.2, -0.15) is 0 Å². The predicted molar refractivity (Wildman–Crippen MR) is 104 cm³/mol. The highest BCUT2D eigenvalue weighted by Gasteiger charge is 2.30. The van der Waals surface area contributed by atoms with Crippen molar-refractivity contribution in [2.45, 2.75) is 13.8 Å². The molecule has 3 aromatic carbocycles. The molecule has 0 N–H and O–H groups in total. The highest BCUT2D eigenvalue weighted by Crippen LogP contribution is 2.47. The third-order valence-electron chi connectivity index (χ3n) is 4.20. The molecule has 0 aromatic heterocycles. The van der Waals surface area contributed by atoms with E-state index < -0.39 is 0 Å². The molecule has 1 aliphatic heterocycles. The molecule has 0 saturated carbocycles. The van der Waals surface area contributed by atoms with Crippen LogP contribution in [0.15, 0.2) is 71.2 Å². The molecule has 1 aliphatic rings. The monoisotopic (exact) mass is 376 g/mol. The molecule has 3 aromatic rings. The average molecular weight is 377 g/mol. The minimum atomic E-state index is 1.06. The molecule has 1 heterocycles. The van der Waals surface area contributed by atoms with Gasteiger partial charge in [0, 0.05) is 15.8 Å². The van der Waals surface area contributed by atoms with Crippen LogP contribution < -0.4 is 9.80 Å². The van der Waals surface area contributed by atoms with E-state index in [1.165, 1.54) is 11.1 Å². The van der Waals surface area contributed by atoms with Gasteiger partial charge >= 0.3 is 0 Å². The van der Waals surface area contributed by atoms with Crippen LogP contribution in [-0.2, 0) is 0 Å². The molecule has 0 atom stereocenters. The van der Waals surface area contributed by atoms with E-state index in [1.54, 1.807) is 0 Å². The molecule has 0 fully saturated rings. The van der Waals surface area contributed by atoms with Crippen LogP contribution in [0.5, 0.6) is 0 Å². The molecular weight excluding hydrogens is 360 g/mol. The first-order valence-electron chi connectivity index (χ1n) is 7.91. The fourth-order valence-electron chi connectivity index (χ4n) is 2.85. The van der Waals surface area contributed by atoms with Gasteiger partial charge in [0.15, 0.2) is 0 Å². The summed E-state index contributed by atoms with van der Waals surface area (Å²) in [6.45, 7) is 7.70. The predicted octanol–water partition coefficient (Wildman–Crippen LogP) is 6.35. The van der Waals surface area contributed by atoms with Gasteiger partial charge in [0.25, 0.3) is 0 Å². The van der Waals surface area contributed by atoms with Crippen molar-refractivity contribution >= 4 is 38.7 Å². The summed E-state index contributed by atoms with van der Waals surface area (Å²) in [6, 6.07) is 23.4. The standard InChI is InChI=1S/C21H17BrN2/c1-15-3-8-18(9-4-15)23-14-24(19-10-5-16(2)6-11-19)21-13-17(22)7-12-20(21)23/h3-13H,1-2H3. The van der Waals surface area contributed by atoms with Crippen LogP contribution in [0.25, 0.3) is 0 Å². The van der Waals surface area contributed by atoms with Crippen molar-refractivity contribution in [3.8, 4) is 0 Å². The molecule has 24 heavy (non-hydrogen) atoms. The van der Waals surface area contributed by atoms with Crippen LogP contribution >= 0.6 is 15.9 Å². The van der Waals surface area contributed by atoms with Gasteiger partial charge in [0.1, 0.15) is 0 Å². The van der Waals surface area contributed by atoms with Crippen molar-refractivity contribution in [1.29, 1.82) is 0 Å². The maximum Gasteiger partial charge on any atom is 0.218 e. The SMILES string of the molecule is Cc1ccc(N2[C]N(c3ccc(C)cc3)c3cc(Br)ccc32)cc1. The summed E-state index contributed by atoms with van der Waals surface area (Å²) in [6.07, 6.45) is 0. The molecule has 0 spiro atoms. The van der Waals surface area contributed by atoms with Gasteiger partial charge in [-0.15, -0.1) is 0 Å². The zero-order valence-electron chi connectivity index (χ0n) is 13.6. The van der Waals surface area contributed by atoms with Crippen molar-refractivity contribution in [2.75, 3.05) is 9.80 Å². The summed E-state index contributed by atoms with van der Waals surface area (Å²) in [4.78, 5) is 4.22. The zero-order valence-corrected chi connectivity index (χ0v) is 15.2. The number of halogens is 1. The summed E-state index contributed by atoms with van der Waals surface area (Å²) in [7, 11) is 0. The second-order valence-electron chi connectivity index (χ2n) is 6.07. The summed E-state index contributed by atoms with van der Waals surface area (Å²) in [5.74, 6) is 0. The van der Waals surface area contributed by atoms with Gasteiger partial charge in [-0.25, -0.2) is 0 Å². The van der Waals surface area contributed by atoms with Crippen LogP contribution in [0.2, 0.25) is 0 Å². The van der Waals surface area contributed by atoms with Crippen molar-refractivity contribution in [3.63, 3.8) is 0 Å². The first kappa shape index (κ1) is 15.3. The third-order valence-corrected chi connectivity index (χ3v) is 4.70. The van der Waals surface area contributed by atoms with Gasteiger partial charge < -0.3 is 9.80 Å². The van der Waals surface area contributed by atoms with E-state index in [4.69, 9.17) is 0 Å². The highest BCUT2D eigenvalue weighted by atomic mass is 79.9. The van der Waals surface area contributed by atoms with Crippen molar-refractivity contribution < 1.29 is 0 Å². The Balaban J connectivity index is 1.80. The Morgan fingerprint density at radius 1 is 0.667 bits per heavy atom. The second kappa shape index (κ2) is 5.99. The fourth-order valence-corrected chi connectivity index (χ4v) is 3.20. The minimum Gasteiger partial charge on any atom is -0.308 e. The van der Waals surface area contributed by atoms with E-state index in [2.05, 4.69) is 113 Å². The smallest absolute Gasteiger partial charge is 0.218 e. The molecule has 118 valence electrons. The maximum absolute atomic E-state index is 3.59. The van der Waals surface area contributed by atoms with E-state index in [-0.39, 0.29) is 0 Å². The lowest BCUT2D eigenvalue weighted by atomic mass is 10.2. The van der Waals surface area contributed by atoms with Crippen molar-refractivity contribution in [1.82, 2.24) is 0 Å². The summed E-state index contributed by atoms with van der Waals surface area (Å²) in [5.41, 5.74) is 6.97. The first-order valence-corrected chi connectivity index (χ1v) is 8.70. The fraction of sp³-hybridized carbons (Fsp3) is 0.0952. The Kier molecular flexibility index (Phi) is 3.81. The third kappa shape index (κ3) is 2.69. The first-order chi connectivity index (χ1) is 11.6. The Hall–Kier alpha value is -2.26. The van der Waals surface area contributed by atoms with Crippen molar-refractivity contribution in [2.24, 2.45) is 0 Å². The lowest BCUT2D eigenvalue weighted by molar-refractivity contribution is 1.13. The molecule has 0 bridgehead atoms. The number of hydrogen-bond acceptors (Lipinski definition) is 2. The molecule has 0 unspecified atom stereocenters. The molecule has 0 saturated heterocycles. The Morgan fingerprint density at radius 3 is 1.71 bits per heavy atom. The van der Waals surface area contributed by atoms with Gasteiger partial charge in [-0.1, -0.05) is 51.3 Å².